The van der Waals surface area contributed by atoms with Gasteiger partial charge in [0.05, 0.1) is 10.6 Å². The summed E-state index contributed by atoms with van der Waals surface area (Å²) in [5.41, 5.74) is 5.15. The summed E-state index contributed by atoms with van der Waals surface area (Å²) < 4.78 is 48.4. The SMILES string of the molecule is CC(C)(CCN)Nc1ccccc1S(=O)(=O)C(F)F. The summed E-state index contributed by atoms with van der Waals surface area (Å²) in [5.74, 6) is -3.44. The molecule has 0 unspecified atom stereocenters. The van der Waals surface area contributed by atoms with Crippen molar-refractivity contribution in [2.75, 3.05) is 11.9 Å². The van der Waals surface area contributed by atoms with Gasteiger partial charge in [-0.15, -0.1) is 0 Å². The molecule has 4 nitrogen and oxygen atoms in total. The molecular weight excluding hydrogens is 274 g/mol. The van der Waals surface area contributed by atoms with E-state index in [1.54, 1.807) is 6.07 Å². The second-order valence-electron chi connectivity index (χ2n) is 4.85. The highest BCUT2D eigenvalue weighted by Gasteiger charge is 2.30. The van der Waals surface area contributed by atoms with Crippen LogP contribution in [0.25, 0.3) is 0 Å². The molecule has 0 amide bonds. The normalized spacial score (nSPS) is 12.7. The topological polar surface area (TPSA) is 72.2 Å². The first-order chi connectivity index (χ1) is 8.70. The van der Waals surface area contributed by atoms with Crippen LogP contribution in [0.4, 0.5) is 14.5 Å². The quantitative estimate of drug-likeness (QED) is 0.843. The molecule has 0 radical (unpaired) electrons. The van der Waals surface area contributed by atoms with Crippen molar-refractivity contribution in [3.63, 3.8) is 0 Å². The number of para-hydroxylation sites is 1. The zero-order chi connectivity index (χ0) is 14.7. The average molecular weight is 292 g/mol. The van der Waals surface area contributed by atoms with Crippen LogP contribution in [0, 0.1) is 0 Å². The summed E-state index contributed by atoms with van der Waals surface area (Å²) >= 11 is 0. The molecule has 0 aliphatic heterocycles. The molecule has 0 heterocycles. The standard InChI is InChI=1S/C12H18F2N2O2S/c1-12(2,7-8-15)16-9-5-3-4-6-10(9)19(17,18)11(13)14/h3-6,11,16H,7-8,15H2,1-2H3. The van der Waals surface area contributed by atoms with Crippen molar-refractivity contribution in [3.05, 3.63) is 24.3 Å². The number of sulfone groups is 1. The van der Waals surface area contributed by atoms with E-state index in [0.717, 1.165) is 0 Å². The highest BCUT2D eigenvalue weighted by Crippen LogP contribution is 2.28. The van der Waals surface area contributed by atoms with Gasteiger partial charge in [0.1, 0.15) is 0 Å². The number of halogens is 2. The summed E-state index contributed by atoms with van der Waals surface area (Å²) in [4.78, 5) is -0.393. The van der Waals surface area contributed by atoms with Crippen molar-refractivity contribution in [3.8, 4) is 0 Å². The lowest BCUT2D eigenvalue weighted by molar-refractivity contribution is 0.235. The Kier molecular flexibility index (Phi) is 4.86. The average Bonchev–Trinajstić information content (AvgIpc) is 2.28. The van der Waals surface area contributed by atoms with E-state index in [-0.39, 0.29) is 5.69 Å². The zero-order valence-electron chi connectivity index (χ0n) is 10.9. The van der Waals surface area contributed by atoms with Crippen molar-refractivity contribution >= 4 is 15.5 Å². The lowest BCUT2D eigenvalue weighted by Crippen LogP contribution is -2.34. The molecular formula is C12H18F2N2O2S. The summed E-state index contributed by atoms with van der Waals surface area (Å²) in [6.07, 6.45) is 0.579. The molecule has 0 aliphatic carbocycles. The molecule has 0 fully saturated rings. The van der Waals surface area contributed by atoms with Crippen LogP contribution in [0.5, 0.6) is 0 Å². The minimum Gasteiger partial charge on any atom is -0.379 e. The zero-order valence-corrected chi connectivity index (χ0v) is 11.7. The molecule has 3 N–H and O–H groups in total. The minimum absolute atomic E-state index is 0.168. The summed E-state index contributed by atoms with van der Waals surface area (Å²) in [6, 6.07) is 5.64. The number of nitrogens with two attached hydrogens (primary N) is 1. The molecule has 0 aliphatic rings. The summed E-state index contributed by atoms with van der Waals surface area (Å²) in [5, 5.41) is 2.96. The lowest BCUT2D eigenvalue weighted by Gasteiger charge is -2.28. The largest absolute Gasteiger partial charge is 0.379 e. The number of benzene rings is 1. The van der Waals surface area contributed by atoms with Crippen molar-refractivity contribution in [1.82, 2.24) is 0 Å². The van der Waals surface area contributed by atoms with Gasteiger partial charge in [-0.25, -0.2) is 8.42 Å². The molecule has 0 saturated heterocycles. The van der Waals surface area contributed by atoms with Gasteiger partial charge < -0.3 is 11.1 Å². The maximum absolute atomic E-state index is 12.6. The number of anilines is 1. The first kappa shape index (κ1) is 15.8. The Balaban J connectivity index is 3.18. The Bertz CT molecular complexity index is 530. The molecule has 0 bridgehead atoms. The van der Waals surface area contributed by atoms with E-state index in [4.69, 9.17) is 5.73 Å². The second-order valence-corrected chi connectivity index (χ2v) is 6.74. The molecule has 0 atom stereocenters. The monoisotopic (exact) mass is 292 g/mol. The molecule has 0 aromatic heterocycles. The number of hydrogen-bond donors (Lipinski definition) is 2. The lowest BCUT2D eigenvalue weighted by atomic mass is 10.0. The highest BCUT2D eigenvalue weighted by atomic mass is 32.2. The van der Waals surface area contributed by atoms with Crippen LogP contribution >= 0.6 is 0 Å². The van der Waals surface area contributed by atoms with Gasteiger partial charge in [0.2, 0.25) is 9.84 Å². The second kappa shape index (κ2) is 5.83. The van der Waals surface area contributed by atoms with Gasteiger partial charge >= 0.3 is 5.76 Å². The maximum atomic E-state index is 12.6. The van der Waals surface area contributed by atoms with Crippen LogP contribution in [0.15, 0.2) is 29.2 Å². The van der Waals surface area contributed by atoms with E-state index in [9.17, 15) is 17.2 Å². The Morgan fingerprint density at radius 3 is 2.42 bits per heavy atom. The third-order valence-electron chi connectivity index (χ3n) is 2.67. The molecule has 1 rings (SSSR count). The van der Waals surface area contributed by atoms with Crippen LogP contribution in [0.1, 0.15) is 20.3 Å². The van der Waals surface area contributed by atoms with Crippen LogP contribution in [0.3, 0.4) is 0 Å². The molecule has 108 valence electrons. The van der Waals surface area contributed by atoms with Gasteiger partial charge in [0, 0.05) is 5.54 Å². The summed E-state index contributed by atoms with van der Waals surface area (Å²) in [7, 11) is -4.62. The van der Waals surface area contributed by atoms with E-state index >= 15 is 0 Å². The Hall–Kier alpha value is -1.21. The first-order valence-electron chi connectivity index (χ1n) is 5.80. The predicted octanol–water partition coefficient (Wildman–Crippen LogP) is 2.22. The van der Waals surface area contributed by atoms with E-state index < -0.39 is 26.0 Å². The number of hydrogen-bond acceptors (Lipinski definition) is 4. The van der Waals surface area contributed by atoms with Crippen LogP contribution in [-0.2, 0) is 9.84 Å². The fourth-order valence-electron chi connectivity index (χ4n) is 1.70. The van der Waals surface area contributed by atoms with Gasteiger partial charge in [0.15, 0.2) is 0 Å². The number of rotatable bonds is 6. The van der Waals surface area contributed by atoms with Gasteiger partial charge in [-0.05, 0) is 38.9 Å². The van der Waals surface area contributed by atoms with Crippen molar-refractivity contribution in [2.45, 2.75) is 36.5 Å². The van der Waals surface area contributed by atoms with Crippen LogP contribution < -0.4 is 11.1 Å². The van der Waals surface area contributed by atoms with Gasteiger partial charge in [0.25, 0.3) is 0 Å². The van der Waals surface area contributed by atoms with Gasteiger partial charge in [-0.2, -0.15) is 8.78 Å². The van der Waals surface area contributed by atoms with Gasteiger partial charge in [-0.1, -0.05) is 12.1 Å². The van der Waals surface area contributed by atoms with Crippen LogP contribution in [0.2, 0.25) is 0 Å². The third-order valence-corrected chi connectivity index (χ3v) is 4.11. The molecule has 7 heteroatoms. The van der Waals surface area contributed by atoms with Crippen molar-refractivity contribution in [1.29, 1.82) is 0 Å². The van der Waals surface area contributed by atoms with E-state index in [0.29, 0.717) is 13.0 Å². The van der Waals surface area contributed by atoms with Crippen molar-refractivity contribution < 1.29 is 17.2 Å². The predicted molar refractivity (Wildman–Crippen MR) is 71.0 cm³/mol. The maximum Gasteiger partial charge on any atom is 0.341 e. The minimum atomic E-state index is -4.62. The Morgan fingerprint density at radius 2 is 1.89 bits per heavy atom. The molecule has 0 saturated carbocycles. The Morgan fingerprint density at radius 1 is 1.32 bits per heavy atom. The van der Waals surface area contributed by atoms with Crippen molar-refractivity contribution in [2.24, 2.45) is 5.73 Å². The molecule has 0 spiro atoms. The number of alkyl halides is 2. The molecule has 1 aromatic rings. The van der Waals surface area contributed by atoms with Crippen LogP contribution in [-0.4, -0.2) is 26.3 Å². The smallest absolute Gasteiger partial charge is 0.341 e. The highest BCUT2D eigenvalue weighted by molar-refractivity contribution is 7.91. The Labute approximate surface area is 111 Å². The van der Waals surface area contributed by atoms with E-state index in [1.165, 1.54) is 18.2 Å². The summed E-state index contributed by atoms with van der Waals surface area (Å²) in [6.45, 7) is 4.06. The molecule has 1 aromatic carbocycles. The fraction of sp³-hybridized carbons (Fsp3) is 0.500. The molecule has 19 heavy (non-hydrogen) atoms. The third kappa shape index (κ3) is 3.87. The fourth-order valence-corrected chi connectivity index (χ4v) is 2.59. The first-order valence-corrected chi connectivity index (χ1v) is 7.35. The van der Waals surface area contributed by atoms with Gasteiger partial charge in [-0.3, -0.25) is 0 Å². The van der Waals surface area contributed by atoms with E-state index in [1.807, 2.05) is 13.8 Å². The number of nitrogens with one attached hydrogen (secondary N) is 1. The van der Waals surface area contributed by atoms with E-state index in [2.05, 4.69) is 5.32 Å².